The highest BCUT2D eigenvalue weighted by Gasteiger charge is 2.23. The third kappa shape index (κ3) is 5.13. The Hall–Kier alpha value is -0.850. The molecule has 0 spiro atoms. The molecule has 4 nitrogen and oxygen atoms in total. The van der Waals surface area contributed by atoms with Gasteiger partial charge in [0, 0.05) is 10.7 Å². The van der Waals surface area contributed by atoms with Gasteiger partial charge in [0.05, 0.1) is 17.2 Å². The fourth-order valence-corrected chi connectivity index (χ4v) is 2.88. The highest BCUT2D eigenvalue weighted by Crippen LogP contribution is 2.27. The van der Waals surface area contributed by atoms with Gasteiger partial charge in [0.1, 0.15) is 10.7 Å². The summed E-state index contributed by atoms with van der Waals surface area (Å²) in [6.07, 6.45) is 1.83. The van der Waals surface area contributed by atoms with Crippen molar-refractivity contribution in [3.05, 3.63) is 28.5 Å². The summed E-state index contributed by atoms with van der Waals surface area (Å²) in [5.41, 5.74) is -0.235. The van der Waals surface area contributed by atoms with E-state index in [2.05, 4.69) is 0 Å². The van der Waals surface area contributed by atoms with E-state index in [1.165, 1.54) is 0 Å². The molecule has 0 amide bonds. The summed E-state index contributed by atoms with van der Waals surface area (Å²) in [5.74, 6) is -1.77. The molecule has 0 aliphatic carbocycles. The Morgan fingerprint density at radius 1 is 1.43 bits per heavy atom. The topological polar surface area (TPSA) is 60.4 Å². The lowest BCUT2D eigenvalue weighted by molar-refractivity contribution is 0.0443. The standard InChI is InChI=1S/C13H15Cl2FO4S/c1-3-4-8(2)7-20-13(17)9-5-12(21(15,18)19)11(16)6-10(9)14/h5-6,8H,3-4,7H2,1-2H3. The lowest BCUT2D eigenvalue weighted by Crippen LogP contribution is -2.13. The minimum atomic E-state index is -4.32. The van der Waals surface area contributed by atoms with Crippen LogP contribution in [0, 0.1) is 11.7 Å². The zero-order valence-electron chi connectivity index (χ0n) is 11.5. The van der Waals surface area contributed by atoms with Crippen LogP contribution >= 0.6 is 22.3 Å². The summed E-state index contributed by atoms with van der Waals surface area (Å²) < 4.78 is 41.0. The molecule has 0 radical (unpaired) electrons. The third-order valence-corrected chi connectivity index (χ3v) is 4.43. The molecule has 1 aromatic rings. The molecule has 0 aromatic heterocycles. The number of carbonyl (C=O) groups is 1. The van der Waals surface area contributed by atoms with Crippen molar-refractivity contribution in [2.75, 3.05) is 6.61 Å². The number of halogens is 3. The Morgan fingerprint density at radius 3 is 2.57 bits per heavy atom. The van der Waals surface area contributed by atoms with Crippen LogP contribution in [0.4, 0.5) is 4.39 Å². The van der Waals surface area contributed by atoms with Gasteiger partial charge in [-0.2, -0.15) is 0 Å². The fraction of sp³-hybridized carbons (Fsp3) is 0.462. The van der Waals surface area contributed by atoms with Gasteiger partial charge in [-0.1, -0.05) is 31.9 Å². The van der Waals surface area contributed by atoms with E-state index < -0.39 is 25.7 Å². The van der Waals surface area contributed by atoms with Crippen LogP contribution < -0.4 is 0 Å². The predicted octanol–water partition coefficient (Wildman–Crippen LogP) is 4.00. The second-order valence-corrected chi connectivity index (χ2v) is 7.63. The smallest absolute Gasteiger partial charge is 0.339 e. The number of ether oxygens (including phenoxy) is 1. The molecule has 1 atom stereocenters. The molecule has 8 heteroatoms. The van der Waals surface area contributed by atoms with Crippen LogP contribution in [0.3, 0.4) is 0 Å². The zero-order chi connectivity index (χ0) is 16.2. The number of carbonyl (C=O) groups excluding carboxylic acids is 1. The second-order valence-electron chi connectivity index (χ2n) is 4.69. The number of esters is 1. The molecule has 118 valence electrons. The first-order chi connectivity index (χ1) is 9.66. The molecule has 1 unspecified atom stereocenters. The SMILES string of the molecule is CCCC(C)COC(=O)c1cc(S(=O)(=O)Cl)c(F)cc1Cl. The van der Waals surface area contributed by atoms with E-state index in [4.69, 9.17) is 27.0 Å². The van der Waals surface area contributed by atoms with Crippen molar-refractivity contribution in [1.82, 2.24) is 0 Å². The minimum absolute atomic E-state index is 0.161. The average molecular weight is 357 g/mol. The highest BCUT2D eigenvalue weighted by molar-refractivity contribution is 8.13. The summed E-state index contributed by atoms with van der Waals surface area (Å²) in [6, 6.07) is 1.51. The molecule has 1 aromatic carbocycles. The first kappa shape index (κ1) is 18.2. The quantitative estimate of drug-likeness (QED) is 0.570. The van der Waals surface area contributed by atoms with Crippen LogP contribution in [0.2, 0.25) is 5.02 Å². The normalized spacial score (nSPS) is 13.0. The van der Waals surface area contributed by atoms with Crippen molar-refractivity contribution in [3.8, 4) is 0 Å². The molecule has 21 heavy (non-hydrogen) atoms. The van der Waals surface area contributed by atoms with Gasteiger partial charge < -0.3 is 4.74 Å². The molecule has 0 fully saturated rings. The number of hydrogen-bond donors (Lipinski definition) is 0. The van der Waals surface area contributed by atoms with E-state index in [1.54, 1.807) is 0 Å². The lowest BCUT2D eigenvalue weighted by atomic mass is 10.1. The molecule has 0 N–H and O–H groups in total. The zero-order valence-corrected chi connectivity index (χ0v) is 13.9. The van der Waals surface area contributed by atoms with Gasteiger partial charge in [0.15, 0.2) is 0 Å². The van der Waals surface area contributed by atoms with Crippen molar-refractivity contribution < 1.29 is 22.3 Å². The van der Waals surface area contributed by atoms with Crippen LogP contribution in [0.15, 0.2) is 17.0 Å². The Morgan fingerprint density at radius 2 is 2.05 bits per heavy atom. The first-order valence-corrected chi connectivity index (χ1v) is 8.96. The molecule has 1 rings (SSSR count). The van der Waals surface area contributed by atoms with E-state index in [0.29, 0.717) is 0 Å². The Bertz CT molecular complexity index is 631. The Balaban J connectivity index is 3.00. The van der Waals surface area contributed by atoms with Crippen molar-refractivity contribution in [3.63, 3.8) is 0 Å². The number of benzene rings is 1. The fourth-order valence-electron chi connectivity index (χ4n) is 1.74. The van der Waals surface area contributed by atoms with Crippen LogP contribution in [0.5, 0.6) is 0 Å². The summed E-state index contributed by atoms with van der Waals surface area (Å²) in [5, 5.41) is -0.232. The molecule has 0 saturated heterocycles. The summed E-state index contributed by atoms with van der Waals surface area (Å²) in [7, 11) is 0.783. The molecule has 0 aliphatic rings. The van der Waals surface area contributed by atoms with E-state index in [9.17, 15) is 17.6 Å². The van der Waals surface area contributed by atoms with Crippen LogP contribution in [-0.4, -0.2) is 21.0 Å². The largest absolute Gasteiger partial charge is 0.462 e. The van der Waals surface area contributed by atoms with Gasteiger partial charge in [-0.25, -0.2) is 17.6 Å². The molecule has 0 bridgehead atoms. The second kappa shape index (κ2) is 7.42. The molecule has 0 aliphatic heterocycles. The van der Waals surface area contributed by atoms with Gasteiger partial charge in [-0.15, -0.1) is 0 Å². The Kier molecular flexibility index (Phi) is 6.43. The van der Waals surface area contributed by atoms with Gasteiger partial charge in [0.2, 0.25) is 0 Å². The number of rotatable bonds is 6. The minimum Gasteiger partial charge on any atom is -0.462 e. The highest BCUT2D eigenvalue weighted by atomic mass is 35.7. The van der Waals surface area contributed by atoms with Gasteiger partial charge >= 0.3 is 5.97 Å². The molecular weight excluding hydrogens is 342 g/mol. The van der Waals surface area contributed by atoms with E-state index in [-0.39, 0.29) is 23.1 Å². The van der Waals surface area contributed by atoms with Crippen molar-refractivity contribution in [2.24, 2.45) is 5.92 Å². The molecule has 0 saturated carbocycles. The van der Waals surface area contributed by atoms with Crippen molar-refractivity contribution in [2.45, 2.75) is 31.6 Å². The maximum Gasteiger partial charge on any atom is 0.339 e. The van der Waals surface area contributed by atoms with E-state index in [1.807, 2.05) is 13.8 Å². The summed E-state index contributed by atoms with van der Waals surface area (Å²) >= 11 is 5.74. The molecular formula is C13H15Cl2FO4S. The van der Waals surface area contributed by atoms with E-state index in [0.717, 1.165) is 25.0 Å². The monoisotopic (exact) mass is 356 g/mol. The maximum absolute atomic E-state index is 13.5. The van der Waals surface area contributed by atoms with Gasteiger partial charge in [0.25, 0.3) is 9.05 Å². The number of hydrogen-bond acceptors (Lipinski definition) is 4. The summed E-state index contributed by atoms with van der Waals surface area (Å²) in [4.78, 5) is 11.1. The van der Waals surface area contributed by atoms with Gasteiger partial charge in [-0.3, -0.25) is 0 Å². The maximum atomic E-state index is 13.5. The van der Waals surface area contributed by atoms with Crippen molar-refractivity contribution in [1.29, 1.82) is 0 Å². The third-order valence-electron chi connectivity index (χ3n) is 2.78. The molecule has 0 heterocycles. The average Bonchev–Trinajstić information content (AvgIpc) is 2.34. The summed E-state index contributed by atoms with van der Waals surface area (Å²) in [6.45, 7) is 4.09. The van der Waals surface area contributed by atoms with Crippen LogP contribution in [-0.2, 0) is 13.8 Å². The Labute approximate surface area is 132 Å². The van der Waals surface area contributed by atoms with Crippen LogP contribution in [0.25, 0.3) is 0 Å². The predicted molar refractivity (Wildman–Crippen MR) is 78.8 cm³/mol. The lowest BCUT2D eigenvalue weighted by Gasteiger charge is -2.12. The van der Waals surface area contributed by atoms with E-state index >= 15 is 0 Å². The van der Waals surface area contributed by atoms with Gasteiger partial charge in [-0.05, 0) is 24.5 Å². The van der Waals surface area contributed by atoms with Crippen molar-refractivity contribution >= 4 is 37.3 Å². The van der Waals surface area contributed by atoms with Crippen LogP contribution in [0.1, 0.15) is 37.0 Å². The first-order valence-electron chi connectivity index (χ1n) is 6.27.